The van der Waals surface area contributed by atoms with Gasteiger partial charge in [0, 0.05) is 17.6 Å². The Kier molecular flexibility index (Phi) is 6.68. The normalized spacial score (nSPS) is 12.7. The van der Waals surface area contributed by atoms with Gasteiger partial charge in [0.25, 0.3) is 0 Å². The number of pyridine rings is 1. The van der Waals surface area contributed by atoms with Crippen molar-refractivity contribution in [2.45, 2.75) is 57.9 Å². The number of aromatic nitrogens is 1. The quantitative estimate of drug-likeness (QED) is 0.636. The summed E-state index contributed by atoms with van der Waals surface area (Å²) in [5, 5.41) is 4.70. The molecule has 0 radical (unpaired) electrons. The van der Waals surface area contributed by atoms with Gasteiger partial charge >= 0.3 is 0 Å². The molecule has 2 rings (SSSR count). The fourth-order valence-corrected chi connectivity index (χ4v) is 2.92. The second-order valence-corrected chi connectivity index (χ2v) is 5.85. The van der Waals surface area contributed by atoms with Crippen LogP contribution in [0, 0.1) is 0 Å². The number of nitrogens with one attached hydrogen (secondary N) is 1. The molecule has 0 spiro atoms. The number of unbranched alkanes of at least 4 members (excludes halogenated alkanes) is 5. The van der Waals surface area contributed by atoms with Crippen LogP contribution in [0.4, 0.5) is 0 Å². The summed E-state index contributed by atoms with van der Waals surface area (Å²) in [6.45, 7) is 2.27. The van der Waals surface area contributed by atoms with Crippen LogP contribution < -0.4 is 5.32 Å². The average Bonchev–Trinajstić information content (AvgIpc) is 2.54. The number of hydrogen-bond acceptors (Lipinski definition) is 2. The molecule has 114 valence electrons. The molecule has 1 atom stereocenters. The highest BCUT2D eigenvalue weighted by Gasteiger charge is 2.09. The van der Waals surface area contributed by atoms with E-state index >= 15 is 0 Å². The molecule has 1 heterocycles. The van der Waals surface area contributed by atoms with Crippen molar-refractivity contribution < 1.29 is 0 Å². The molecule has 0 bridgehead atoms. The minimum atomic E-state index is 0.459. The van der Waals surface area contributed by atoms with Crippen molar-refractivity contribution in [3.63, 3.8) is 0 Å². The molecule has 0 aliphatic carbocycles. The van der Waals surface area contributed by atoms with Gasteiger partial charge in [-0.05, 0) is 37.2 Å². The van der Waals surface area contributed by atoms with E-state index < -0.39 is 0 Å². The molecule has 2 nitrogen and oxygen atoms in total. The van der Waals surface area contributed by atoms with E-state index in [4.69, 9.17) is 0 Å². The van der Waals surface area contributed by atoms with E-state index in [0.717, 1.165) is 5.52 Å². The van der Waals surface area contributed by atoms with Gasteiger partial charge in [-0.2, -0.15) is 0 Å². The summed E-state index contributed by atoms with van der Waals surface area (Å²) in [4.78, 5) is 4.39. The molecule has 1 aromatic carbocycles. The number of nitrogens with zero attached hydrogens (tertiary/aromatic N) is 1. The minimum absolute atomic E-state index is 0.459. The second-order valence-electron chi connectivity index (χ2n) is 5.85. The van der Waals surface area contributed by atoms with Crippen molar-refractivity contribution in [1.82, 2.24) is 10.3 Å². The highest BCUT2D eigenvalue weighted by Crippen LogP contribution is 2.23. The lowest BCUT2D eigenvalue weighted by molar-refractivity contribution is 0.498. The summed E-state index contributed by atoms with van der Waals surface area (Å²) in [5.41, 5.74) is 2.46. The maximum atomic E-state index is 4.39. The zero-order valence-electron chi connectivity index (χ0n) is 13.4. The number of benzene rings is 1. The zero-order valence-corrected chi connectivity index (χ0v) is 13.4. The van der Waals surface area contributed by atoms with E-state index in [1.54, 1.807) is 0 Å². The topological polar surface area (TPSA) is 24.9 Å². The van der Waals surface area contributed by atoms with Crippen LogP contribution in [0.25, 0.3) is 10.9 Å². The molecule has 0 aliphatic rings. The van der Waals surface area contributed by atoms with Gasteiger partial charge in [0.2, 0.25) is 0 Å². The predicted molar refractivity (Wildman–Crippen MR) is 91.5 cm³/mol. The molecule has 1 aromatic heterocycles. The SMILES string of the molecule is CCCCCCCCC(NC)c1ccc2ncccc2c1. The van der Waals surface area contributed by atoms with Gasteiger partial charge in [0.1, 0.15) is 0 Å². The molecule has 21 heavy (non-hydrogen) atoms. The first-order valence-corrected chi connectivity index (χ1v) is 8.37. The van der Waals surface area contributed by atoms with E-state index in [2.05, 4.69) is 48.5 Å². The Balaban J connectivity index is 1.89. The van der Waals surface area contributed by atoms with Gasteiger partial charge in [0.15, 0.2) is 0 Å². The fourth-order valence-electron chi connectivity index (χ4n) is 2.92. The number of hydrogen-bond donors (Lipinski definition) is 1. The molecular weight excluding hydrogens is 256 g/mol. The van der Waals surface area contributed by atoms with Crippen LogP contribution in [0.2, 0.25) is 0 Å². The lowest BCUT2D eigenvalue weighted by atomic mass is 9.98. The molecule has 2 aromatic rings. The van der Waals surface area contributed by atoms with Crippen molar-refractivity contribution in [1.29, 1.82) is 0 Å². The van der Waals surface area contributed by atoms with Crippen molar-refractivity contribution >= 4 is 10.9 Å². The third-order valence-corrected chi connectivity index (χ3v) is 4.22. The Labute approximate surface area is 129 Å². The molecule has 0 saturated carbocycles. The molecule has 0 saturated heterocycles. The maximum absolute atomic E-state index is 4.39. The van der Waals surface area contributed by atoms with E-state index in [0.29, 0.717) is 6.04 Å². The fraction of sp³-hybridized carbons (Fsp3) is 0.526. The van der Waals surface area contributed by atoms with Gasteiger partial charge in [-0.25, -0.2) is 0 Å². The zero-order chi connectivity index (χ0) is 14.9. The van der Waals surface area contributed by atoms with Gasteiger partial charge in [-0.1, -0.05) is 57.6 Å². The van der Waals surface area contributed by atoms with E-state index in [1.165, 1.54) is 55.9 Å². The van der Waals surface area contributed by atoms with Crippen LogP contribution in [0.15, 0.2) is 36.5 Å². The van der Waals surface area contributed by atoms with E-state index in [1.807, 2.05) is 12.3 Å². The molecule has 0 amide bonds. The van der Waals surface area contributed by atoms with Crippen LogP contribution >= 0.6 is 0 Å². The number of fused-ring (bicyclic) bond motifs is 1. The van der Waals surface area contributed by atoms with Crippen molar-refractivity contribution in [3.8, 4) is 0 Å². The maximum Gasteiger partial charge on any atom is 0.0702 e. The lowest BCUT2D eigenvalue weighted by Gasteiger charge is -2.17. The lowest BCUT2D eigenvalue weighted by Crippen LogP contribution is -2.16. The smallest absolute Gasteiger partial charge is 0.0702 e. The second kappa shape index (κ2) is 8.78. The van der Waals surface area contributed by atoms with Gasteiger partial charge in [0.05, 0.1) is 5.52 Å². The van der Waals surface area contributed by atoms with Crippen LogP contribution in [-0.2, 0) is 0 Å². The van der Waals surface area contributed by atoms with Crippen molar-refractivity contribution in [2.75, 3.05) is 7.05 Å². The largest absolute Gasteiger partial charge is 0.313 e. The Morgan fingerprint density at radius 1 is 1.05 bits per heavy atom. The predicted octanol–water partition coefficient (Wildman–Crippen LogP) is 5.25. The molecule has 0 aliphatic heterocycles. The van der Waals surface area contributed by atoms with Crippen LogP contribution in [0.1, 0.15) is 63.5 Å². The molecule has 1 unspecified atom stereocenters. The summed E-state index contributed by atoms with van der Waals surface area (Å²) < 4.78 is 0. The summed E-state index contributed by atoms with van der Waals surface area (Å²) in [6, 6.07) is 11.2. The Morgan fingerprint density at radius 3 is 2.67 bits per heavy atom. The summed E-state index contributed by atoms with van der Waals surface area (Å²) in [6.07, 6.45) is 11.2. The third-order valence-electron chi connectivity index (χ3n) is 4.22. The third kappa shape index (κ3) is 4.82. The highest BCUT2D eigenvalue weighted by atomic mass is 14.9. The number of rotatable bonds is 9. The monoisotopic (exact) mass is 284 g/mol. The first-order valence-electron chi connectivity index (χ1n) is 8.37. The van der Waals surface area contributed by atoms with Crippen molar-refractivity contribution in [2.24, 2.45) is 0 Å². The summed E-state index contributed by atoms with van der Waals surface area (Å²) in [5.74, 6) is 0. The molecule has 0 fully saturated rings. The first kappa shape index (κ1) is 16.0. The summed E-state index contributed by atoms with van der Waals surface area (Å²) >= 11 is 0. The van der Waals surface area contributed by atoms with Crippen molar-refractivity contribution in [3.05, 3.63) is 42.1 Å². The van der Waals surface area contributed by atoms with E-state index in [-0.39, 0.29) is 0 Å². The van der Waals surface area contributed by atoms with Crippen LogP contribution in [0.5, 0.6) is 0 Å². The molecule has 2 heteroatoms. The minimum Gasteiger partial charge on any atom is -0.313 e. The van der Waals surface area contributed by atoms with Gasteiger partial charge < -0.3 is 5.32 Å². The Bertz CT molecular complexity index is 536. The molecular formula is C19H28N2. The Hall–Kier alpha value is -1.41. The summed E-state index contributed by atoms with van der Waals surface area (Å²) in [7, 11) is 2.06. The average molecular weight is 284 g/mol. The van der Waals surface area contributed by atoms with Gasteiger partial charge in [-0.3, -0.25) is 4.98 Å². The first-order chi connectivity index (χ1) is 10.3. The van der Waals surface area contributed by atoms with E-state index in [9.17, 15) is 0 Å². The van der Waals surface area contributed by atoms with Crippen LogP contribution in [-0.4, -0.2) is 12.0 Å². The standard InChI is InChI=1S/C19H28N2/c1-3-4-5-6-7-8-11-18(20-2)17-12-13-19-16(15-17)10-9-14-21-19/h9-10,12-15,18,20H,3-8,11H2,1-2H3. The van der Waals surface area contributed by atoms with Crippen LogP contribution in [0.3, 0.4) is 0 Å². The van der Waals surface area contributed by atoms with Gasteiger partial charge in [-0.15, -0.1) is 0 Å². The molecule has 1 N–H and O–H groups in total. The Morgan fingerprint density at radius 2 is 1.86 bits per heavy atom. The highest BCUT2D eigenvalue weighted by molar-refractivity contribution is 5.79.